The van der Waals surface area contributed by atoms with E-state index >= 15 is 0 Å². The predicted molar refractivity (Wildman–Crippen MR) is 89.9 cm³/mol. The molecule has 0 radical (unpaired) electrons. The summed E-state index contributed by atoms with van der Waals surface area (Å²) in [6, 6.07) is 12.3. The second-order valence-corrected chi connectivity index (χ2v) is 5.47. The van der Waals surface area contributed by atoms with Crippen LogP contribution in [-0.4, -0.2) is 28.6 Å². The molecule has 0 saturated carbocycles. The molecule has 0 atom stereocenters. The number of nitrogens with one attached hydrogen (secondary N) is 1. The Labute approximate surface area is 138 Å². The van der Waals surface area contributed by atoms with Gasteiger partial charge in [0, 0.05) is 23.4 Å². The number of benzene rings is 2. The SMILES string of the molecule is CC1=C(CNc2ccc(O)cc2)C(=O)N(c2ccc(O)cc2)C1=O. The summed E-state index contributed by atoms with van der Waals surface area (Å²) in [7, 11) is 0. The van der Waals surface area contributed by atoms with Gasteiger partial charge in [-0.15, -0.1) is 0 Å². The van der Waals surface area contributed by atoms with Gasteiger partial charge in [-0.25, -0.2) is 4.90 Å². The average Bonchev–Trinajstić information content (AvgIpc) is 2.78. The maximum absolute atomic E-state index is 12.6. The number of anilines is 2. The molecule has 2 amide bonds. The molecule has 0 aromatic heterocycles. The van der Waals surface area contributed by atoms with Gasteiger partial charge in [0.2, 0.25) is 0 Å². The van der Waals surface area contributed by atoms with Crippen molar-refractivity contribution in [3.05, 3.63) is 59.7 Å². The molecule has 0 bridgehead atoms. The first kappa shape index (κ1) is 15.6. The number of nitrogens with zero attached hydrogens (tertiary/aromatic N) is 1. The highest BCUT2D eigenvalue weighted by Gasteiger charge is 2.36. The summed E-state index contributed by atoms with van der Waals surface area (Å²) in [5.41, 5.74) is 1.93. The third-order valence-corrected chi connectivity index (χ3v) is 3.88. The Bertz CT molecular complexity index is 823. The highest BCUT2D eigenvalue weighted by molar-refractivity contribution is 6.33. The van der Waals surface area contributed by atoms with Crippen molar-refractivity contribution in [1.82, 2.24) is 0 Å². The highest BCUT2D eigenvalue weighted by atomic mass is 16.3. The van der Waals surface area contributed by atoms with E-state index in [4.69, 9.17) is 0 Å². The lowest BCUT2D eigenvalue weighted by atomic mass is 10.1. The van der Waals surface area contributed by atoms with Gasteiger partial charge in [0.25, 0.3) is 11.8 Å². The van der Waals surface area contributed by atoms with Crippen molar-refractivity contribution in [2.24, 2.45) is 0 Å². The van der Waals surface area contributed by atoms with E-state index in [9.17, 15) is 19.8 Å². The van der Waals surface area contributed by atoms with Gasteiger partial charge in [-0.1, -0.05) is 0 Å². The van der Waals surface area contributed by atoms with Gasteiger partial charge in [0.15, 0.2) is 0 Å². The summed E-state index contributed by atoms with van der Waals surface area (Å²) in [6.07, 6.45) is 0. The molecule has 24 heavy (non-hydrogen) atoms. The first-order valence-corrected chi connectivity index (χ1v) is 7.38. The van der Waals surface area contributed by atoms with Crippen LogP contribution in [0.4, 0.5) is 11.4 Å². The lowest BCUT2D eigenvalue weighted by Crippen LogP contribution is -2.32. The molecule has 2 aromatic rings. The summed E-state index contributed by atoms with van der Waals surface area (Å²) in [6.45, 7) is 1.82. The molecule has 0 aliphatic carbocycles. The van der Waals surface area contributed by atoms with Gasteiger partial charge in [0.1, 0.15) is 11.5 Å². The van der Waals surface area contributed by atoms with E-state index in [2.05, 4.69) is 5.32 Å². The zero-order valence-corrected chi connectivity index (χ0v) is 13.0. The predicted octanol–water partition coefficient (Wildman–Crippen LogP) is 2.40. The number of hydrogen-bond acceptors (Lipinski definition) is 5. The standard InChI is InChI=1S/C18H16N2O4/c1-11-16(10-19-12-2-6-14(21)7-3-12)18(24)20(17(11)23)13-4-8-15(22)9-5-13/h2-9,19,21-22H,10H2,1H3. The molecule has 1 heterocycles. The number of carbonyl (C=O) groups excluding carboxylic acids is 2. The van der Waals surface area contributed by atoms with Crippen molar-refractivity contribution in [1.29, 1.82) is 0 Å². The Hall–Kier alpha value is -3.28. The lowest BCUT2D eigenvalue weighted by Gasteiger charge is -2.15. The summed E-state index contributed by atoms with van der Waals surface area (Å²) >= 11 is 0. The zero-order chi connectivity index (χ0) is 17.3. The first-order chi connectivity index (χ1) is 11.5. The minimum absolute atomic E-state index is 0.0664. The maximum Gasteiger partial charge on any atom is 0.263 e. The quantitative estimate of drug-likeness (QED) is 0.593. The van der Waals surface area contributed by atoms with Crippen LogP contribution in [0.25, 0.3) is 0 Å². The second kappa shape index (κ2) is 6.08. The van der Waals surface area contributed by atoms with Gasteiger partial charge < -0.3 is 15.5 Å². The van der Waals surface area contributed by atoms with Crippen LogP contribution in [0.5, 0.6) is 11.5 Å². The number of phenolic OH excluding ortho intramolecular Hbond substituents is 2. The van der Waals surface area contributed by atoms with E-state index in [1.807, 2.05) is 0 Å². The first-order valence-electron chi connectivity index (χ1n) is 7.38. The molecular weight excluding hydrogens is 308 g/mol. The molecule has 1 aliphatic heterocycles. The van der Waals surface area contributed by atoms with Gasteiger partial charge in [-0.3, -0.25) is 9.59 Å². The Morgan fingerprint density at radius 2 is 1.42 bits per heavy atom. The van der Waals surface area contributed by atoms with Crippen LogP contribution in [0.3, 0.4) is 0 Å². The molecule has 0 saturated heterocycles. The van der Waals surface area contributed by atoms with Crippen molar-refractivity contribution in [2.75, 3.05) is 16.8 Å². The summed E-state index contributed by atoms with van der Waals surface area (Å²) in [5, 5.41) is 21.7. The number of rotatable bonds is 4. The van der Waals surface area contributed by atoms with Gasteiger partial charge in [-0.05, 0) is 55.5 Å². The van der Waals surface area contributed by atoms with Gasteiger partial charge in [0.05, 0.1) is 5.69 Å². The molecule has 6 heteroatoms. The van der Waals surface area contributed by atoms with E-state index in [0.29, 0.717) is 16.8 Å². The molecule has 1 aliphatic rings. The number of carbonyl (C=O) groups is 2. The average molecular weight is 324 g/mol. The lowest BCUT2D eigenvalue weighted by molar-refractivity contribution is -0.120. The summed E-state index contributed by atoms with van der Waals surface area (Å²) < 4.78 is 0. The third-order valence-electron chi connectivity index (χ3n) is 3.88. The van der Waals surface area contributed by atoms with Crippen molar-refractivity contribution < 1.29 is 19.8 Å². The normalized spacial score (nSPS) is 14.5. The van der Waals surface area contributed by atoms with Crippen LogP contribution in [0, 0.1) is 0 Å². The molecule has 2 aromatic carbocycles. The van der Waals surface area contributed by atoms with Crippen LogP contribution in [0.2, 0.25) is 0 Å². The third kappa shape index (κ3) is 2.81. The Kier molecular flexibility index (Phi) is 3.95. The van der Waals surface area contributed by atoms with E-state index in [1.165, 1.54) is 36.4 Å². The van der Waals surface area contributed by atoms with Crippen LogP contribution >= 0.6 is 0 Å². The Morgan fingerprint density at radius 1 is 0.875 bits per heavy atom. The Balaban J connectivity index is 1.78. The number of hydrogen-bond donors (Lipinski definition) is 3. The van der Waals surface area contributed by atoms with Crippen molar-refractivity contribution in [2.45, 2.75) is 6.92 Å². The van der Waals surface area contributed by atoms with Crippen LogP contribution in [0.1, 0.15) is 6.92 Å². The topological polar surface area (TPSA) is 89.9 Å². The van der Waals surface area contributed by atoms with Gasteiger partial charge in [-0.2, -0.15) is 0 Å². The second-order valence-electron chi connectivity index (χ2n) is 5.47. The van der Waals surface area contributed by atoms with Crippen LogP contribution in [-0.2, 0) is 9.59 Å². The molecule has 6 nitrogen and oxygen atoms in total. The number of imide groups is 1. The summed E-state index contributed by atoms with van der Waals surface area (Å²) in [5.74, 6) is -0.527. The number of phenols is 2. The summed E-state index contributed by atoms with van der Waals surface area (Å²) in [4.78, 5) is 26.1. The van der Waals surface area contributed by atoms with Crippen LogP contribution < -0.4 is 10.2 Å². The smallest absolute Gasteiger partial charge is 0.263 e. The van der Waals surface area contributed by atoms with Crippen LogP contribution in [0.15, 0.2) is 59.7 Å². The maximum atomic E-state index is 12.6. The fourth-order valence-corrected chi connectivity index (χ4v) is 2.50. The van der Waals surface area contributed by atoms with Crippen molar-refractivity contribution >= 4 is 23.2 Å². The van der Waals surface area contributed by atoms with Gasteiger partial charge >= 0.3 is 0 Å². The largest absolute Gasteiger partial charge is 0.508 e. The molecule has 3 N–H and O–H groups in total. The van der Waals surface area contributed by atoms with Crippen molar-refractivity contribution in [3.8, 4) is 11.5 Å². The van der Waals surface area contributed by atoms with Crippen molar-refractivity contribution in [3.63, 3.8) is 0 Å². The van der Waals surface area contributed by atoms with E-state index in [-0.39, 0.29) is 29.9 Å². The molecule has 0 unspecified atom stereocenters. The monoisotopic (exact) mass is 324 g/mol. The van der Waals surface area contributed by atoms with E-state index in [1.54, 1.807) is 19.1 Å². The fraction of sp³-hybridized carbons (Fsp3) is 0.111. The molecule has 122 valence electrons. The Morgan fingerprint density at radius 3 is 2.00 bits per heavy atom. The minimum Gasteiger partial charge on any atom is -0.508 e. The minimum atomic E-state index is -0.380. The number of aromatic hydroxyl groups is 2. The number of amides is 2. The molecule has 0 fully saturated rings. The fourth-order valence-electron chi connectivity index (χ4n) is 2.50. The highest BCUT2D eigenvalue weighted by Crippen LogP contribution is 2.28. The zero-order valence-electron chi connectivity index (χ0n) is 13.0. The van der Waals surface area contributed by atoms with E-state index < -0.39 is 0 Å². The molecule has 3 rings (SSSR count). The van der Waals surface area contributed by atoms with E-state index in [0.717, 1.165) is 10.6 Å². The molecule has 0 spiro atoms. The molecular formula is C18H16N2O4.